The van der Waals surface area contributed by atoms with Gasteiger partial charge in [0.15, 0.2) is 0 Å². The van der Waals surface area contributed by atoms with Crippen molar-refractivity contribution in [1.82, 2.24) is 4.90 Å². The molecule has 2 aromatic rings. The second-order valence-corrected chi connectivity index (χ2v) is 6.90. The molecule has 2 amide bonds. The van der Waals surface area contributed by atoms with Gasteiger partial charge < -0.3 is 15.5 Å². The highest BCUT2D eigenvalue weighted by atomic mass is 16.3. The molecule has 1 fully saturated rings. The molecule has 0 unspecified atom stereocenters. The number of hydrogen-bond acceptors (Lipinski definition) is 4. The minimum Gasteiger partial charge on any atom is -0.462 e. The first-order valence-corrected chi connectivity index (χ1v) is 9.16. The summed E-state index contributed by atoms with van der Waals surface area (Å²) < 4.78 is 5.43. The summed E-state index contributed by atoms with van der Waals surface area (Å²) >= 11 is 0. The fourth-order valence-corrected chi connectivity index (χ4v) is 3.33. The highest BCUT2D eigenvalue weighted by Gasteiger charge is 2.24. The van der Waals surface area contributed by atoms with E-state index >= 15 is 0 Å². The molecule has 1 aromatic carbocycles. The van der Waals surface area contributed by atoms with Gasteiger partial charge in [-0.2, -0.15) is 0 Å². The second-order valence-electron chi connectivity index (χ2n) is 6.90. The van der Waals surface area contributed by atoms with E-state index in [0.717, 1.165) is 36.4 Å². The number of nitrogens with one attached hydrogen (secondary N) is 1. The zero-order valence-corrected chi connectivity index (χ0v) is 15.5. The number of carbonyl (C=O) groups is 2. The number of furan rings is 1. The molecule has 1 aliphatic rings. The van der Waals surface area contributed by atoms with Crippen LogP contribution in [0.1, 0.15) is 29.9 Å². The molecule has 1 saturated heterocycles. The van der Waals surface area contributed by atoms with Crippen molar-refractivity contribution < 1.29 is 14.0 Å². The summed E-state index contributed by atoms with van der Waals surface area (Å²) in [5.74, 6) is 0.892. The number of rotatable bonds is 6. The van der Waals surface area contributed by atoms with Crippen LogP contribution in [0, 0.1) is 12.8 Å². The monoisotopic (exact) mass is 367 g/mol. The second kappa shape index (κ2) is 8.68. The number of para-hydroxylation sites is 1. The zero-order valence-electron chi connectivity index (χ0n) is 15.5. The van der Waals surface area contributed by atoms with Crippen LogP contribution in [-0.2, 0) is 16.1 Å². The SMILES string of the molecule is Cc1ccc(/C=C/C(=O)Nc2ccccc2CN2CCC[C@H](C(N)=O)C2)o1. The Balaban J connectivity index is 1.64. The van der Waals surface area contributed by atoms with Gasteiger partial charge in [0.1, 0.15) is 11.5 Å². The minimum absolute atomic E-state index is 0.0970. The molecule has 0 saturated carbocycles. The van der Waals surface area contributed by atoms with Crippen LogP contribution in [-0.4, -0.2) is 29.8 Å². The van der Waals surface area contributed by atoms with Crippen LogP contribution in [0.4, 0.5) is 5.69 Å². The lowest BCUT2D eigenvalue weighted by atomic mass is 9.97. The molecule has 0 aliphatic carbocycles. The summed E-state index contributed by atoms with van der Waals surface area (Å²) in [6, 6.07) is 11.4. The summed E-state index contributed by atoms with van der Waals surface area (Å²) in [7, 11) is 0. The smallest absolute Gasteiger partial charge is 0.248 e. The molecular weight excluding hydrogens is 342 g/mol. The summed E-state index contributed by atoms with van der Waals surface area (Å²) in [5.41, 5.74) is 7.24. The van der Waals surface area contributed by atoms with Crippen molar-refractivity contribution in [3.05, 3.63) is 59.6 Å². The quantitative estimate of drug-likeness (QED) is 0.768. The molecule has 6 nitrogen and oxygen atoms in total. The summed E-state index contributed by atoms with van der Waals surface area (Å²) in [4.78, 5) is 26.0. The van der Waals surface area contributed by atoms with E-state index < -0.39 is 0 Å². The van der Waals surface area contributed by atoms with E-state index in [9.17, 15) is 9.59 Å². The van der Waals surface area contributed by atoms with Gasteiger partial charge >= 0.3 is 0 Å². The molecule has 27 heavy (non-hydrogen) atoms. The lowest BCUT2D eigenvalue weighted by molar-refractivity contribution is -0.123. The van der Waals surface area contributed by atoms with E-state index in [0.29, 0.717) is 18.8 Å². The van der Waals surface area contributed by atoms with E-state index in [4.69, 9.17) is 10.2 Å². The third-order valence-electron chi connectivity index (χ3n) is 4.74. The maximum atomic E-state index is 12.3. The standard InChI is InChI=1S/C21H25N3O3/c1-15-8-9-18(27-15)10-11-20(25)23-19-7-3-2-5-16(19)13-24-12-4-6-17(14-24)21(22)26/h2-3,5,7-11,17H,4,6,12-14H2,1H3,(H2,22,26)(H,23,25)/b11-10+/t17-/m0/s1. The molecule has 0 bridgehead atoms. The van der Waals surface area contributed by atoms with Gasteiger partial charge in [-0.05, 0) is 56.1 Å². The third kappa shape index (κ3) is 5.31. The van der Waals surface area contributed by atoms with Crippen molar-refractivity contribution >= 4 is 23.6 Å². The van der Waals surface area contributed by atoms with Gasteiger partial charge in [-0.3, -0.25) is 14.5 Å². The Morgan fingerprint density at radius 1 is 1.30 bits per heavy atom. The number of carbonyl (C=O) groups excluding carboxylic acids is 2. The maximum absolute atomic E-state index is 12.3. The normalized spacial score (nSPS) is 17.9. The molecule has 3 rings (SSSR count). The third-order valence-corrected chi connectivity index (χ3v) is 4.74. The molecular formula is C21H25N3O3. The van der Waals surface area contributed by atoms with Crippen molar-refractivity contribution in [1.29, 1.82) is 0 Å². The molecule has 1 aliphatic heterocycles. The molecule has 2 heterocycles. The summed E-state index contributed by atoms with van der Waals surface area (Å²) in [6.07, 6.45) is 4.90. The van der Waals surface area contributed by atoms with Gasteiger partial charge in [-0.25, -0.2) is 0 Å². The van der Waals surface area contributed by atoms with Crippen molar-refractivity contribution in [3.63, 3.8) is 0 Å². The highest BCUT2D eigenvalue weighted by molar-refractivity contribution is 6.02. The van der Waals surface area contributed by atoms with Gasteiger partial charge in [0.2, 0.25) is 11.8 Å². The van der Waals surface area contributed by atoms with Gasteiger partial charge in [0.25, 0.3) is 0 Å². The largest absolute Gasteiger partial charge is 0.462 e. The van der Waals surface area contributed by atoms with Gasteiger partial charge in [0, 0.05) is 24.9 Å². The van der Waals surface area contributed by atoms with Gasteiger partial charge in [0.05, 0.1) is 5.92 Å². The molecule has 3 N–H and O–H groups in total. The number of anilines is 1. The number of likely N-dealkylation sites (tertiary alicyclic amines) is 1. The van der Waals surface area contributed by atoms with Crippen molar-refractivity contribution in [3.8, 4) is 0 Å². The lowest BCUT2D eigenvalue weighted by Gasteiger charge is -2.31. The van der Waals surface area contributed by atoms with E-state index in [-0.39, 0.29) is 17.7 Å². The Hall–Kier alpha value is -2.86. The van der Waals surface area contributed by atoms with Crippen LogP contribution < -0.4 is 11.1 Å². The summed E-state index contributed by atoms with van der Waals surface area (Å²) in [6.45, 7) is 4.11. The van der Waals surface area contributed by atoms with Crippen LogP contribution in [0.25, 0.3) is 6.08 Å². The summed E-state index contributed by atoms with van der Waals surface area (Å²) in [5, 5.41) is 2.93. The van der Waals surface area contributed by atoms with Gasteiger partial charge in [-0.15, -0.1) is 0 Å². The van der Waals surface area contributed by atoms with Crippen LogP contribution in [0.5, 0.6) is 0 Å². The Kier molecular flexibility index (Phi) is 6.08. The van der Waals surface area contributed by atoms with Crippen LogP contribution >= 0.6 is 0 Å². The van der Waals surface area contributed by atoms with Crippen LogP contribution in [0.15, 0.2) is 46.9 Å². The number of aryl methyl sites for hydroxylation is 1. The van der Waals surface area contributed by atoms with E-state index in [1.807, 2.05) is 43.3 Å². The molecule has 142 valence electrons. The van der Waals surface area contributed by atoms with Gasteiger partial charge in [-0.1, -0.05) is 18.2 Å². The van der Waals surface area contributed by atoms with Crippen LogP contribution in [0.3, 0.4) is 0 Å². The Labute approximate surface area is 159 Å². The number of nitrogens with two attached hydrogens (primary N) is 1. The molecule has 6 heteroatoms. The van der Waals surface area contributed by atoms with E-state index in [2.05, 4.69) is 10.2 Å². The zero-order chi connectivity index (χ0) is 19.2. The lowest BCUT2D eigenvalue weighted by Crippen LogP contribution is -2.40. The number of piperidine rings is 1. The topological polar surface area (TPSA) is 88.6 Å². The Morgan fingerprint density at radius 3 is 2.85 bits per heavy atom. The van der Waals surface area contributed by atoms with Crippen molar-refractivity contribution in [2.24, 2.45) is 11.7 Å². The molecule has 1 aromatic heterocycles. The van der Waals surface area contributed by atoms with E-state index in [1.165, 1.54) is 6.08 Å². The average Bonchev–Trinajstić information content (AvgIpc) is 3.07. The average molecular weight is 367 g/mol. The number of hydrogen-bond donors (Lipinski definition) is 2. The number of amides is 2. The fourth-order valence-electron chi connectivity index (χ4n) is 3.33. The van der Waals surface area contributed by atoms with E-state index in [1.54, 1.807) is 6.08 Å². The number of primary amides is 1. The Morgan fingerprint density at radius 2 is 2.11 bits per heavy atom. The first-order chi connectivity index (χ1) is 13.0. The number of nitrogens with zero attached hydrogens (tertiary/aromatic N) is 1. The van der Waals surface area contributed by atoms with Crippen molar-refractivity contribution in [2.75, 3.05) is 18.4 Å². The van der Waals surface area contributed by atoms with Crippen LogP contribution in [0.2, 0.25) is 0 Å². The molecule has 1 atom stereocenters. The fraction of sp³-hybridized carbons (Fsp3) is 0.333. The highest BCUT2D eigenvalue weighted by Crippen LogP contribution is 2.22. The number of benzene rings is 1. The minimum atomic E-state index is -0.236. The Bertz CT molecular complexity index is 841. The molecule has 0 radical (unpaired) electrons. The first-order valence-electron chi connectivity index (χ1n) is 9.16. The molecule has 0 spiro atoms. The van der Waals surface area contributed by atoms with Crippen molar-refractivity contribution in [2.45, 2.75) is 26.3 Å². The maximum Gasteiger partial charge on any atom is 0.248 e. The predicted octanol–water partition coefficient (Wildman–Crippen LogP) is 2.94. The first kappa shape index (κ1) is 18.9. The predicted molar refractivity (Wildman–Crippen MR) is 105 cm³/mol.